The molecule has 0 aliphatic carbocycles. The van der Waals surface area contributed by atoms with Gasteiger partial charge in [0.25, 0.3) is 0 Å². The molecule has 0 amide bonds. The maximum atomic E-state index is 11.3. The highest BCUT2D eigenvalue weighted by Crippen LogP contribution is 2.35. The van der Waals surface area contributed by atoms with Gasteiger partial charge in [-0.3, -0.25) is 0 Å². The fourth-order valence-electron chi connectivity index (χ4n) is 1.84. The Morgan fingerprint density at radius 1 is 1.20 bits per heavy atom. The van der Waals surface area contributed by atoms with Crippen LogP contribution in [0.25, 0.3) is 11.1 Å². The normalized spacial score (nSPS) is 10.2. The first-order chi connectivity index (χ1) is 9.56. The number of benzene rings is 1. The molecule has 1 aromatic carbocycles. The van der Waals surface area contributed by atoms with Crippen molar-refractivity contribution in [1.29, 1.82) is 0 Å². The number of pyridine rings is 1. The molecule has 0 radical (unpaired) electrons. The molecular weight excluding hydrogens is 282 g/mol. The fourth-order valence-corrected chi connectivity index (χ4v) is 2.00. The number of carboxylic acids is 1. The molecule has 6 heteroatoms. The van der Waals surface area contributed by atoms with Crippen molar-refractivity contribution in [3.8, 4) is 22.6 Å². The molecular formula is C14H12ClNO4. The predicted octanol–water partition coefficient (Wildman–Crippen LogP) is 3.12. The molecule has 2 aromatic rings. The van der Waals surface area contributed by atoms with Gasteiger partial charge in [0.1, 0.15) is 16.7 Å². The van der Waals surface area contributed by atoms with Crippen LogP contribution in [0.3, 0.4) is 0 Å². The summed E-state index contributed by atoms with van der Waals surface area (Å²) in [4.78, 5) is 15.2. The lowest BCUT2D eigenvalue weighted by molar-refractivity contribution is 0.0697. The highest BCUT2D eigenvalue weighted by molar-refractivity contribution is 6.29. The molecule has 0 saturated carbocycles. The Labute approximate surface area is 120 Å². The van der Waals surface area contributed by atoms with Gasteiger partial charge in [-0.2, -0.15) is 0 Å². The number of hydrogen-bond donors (Lipinski definition) is 1. The van der Waals surface area contributed by atoms with E-state index in [0.717, 1.165) is 0 Å². The number of methoxy groups -OCH3 is 2. The molecule has 0 aliphatic rings. The third-order valence-electron chi connectivity index (χ3n) is 2.80. The Bertz CT molecular complexity index is 658. The molecule has 0 unspecified atom stereocenters. The van der Waals surface area contributed by atoms with Crippen LogP contribution in [-0.4, -0.2) is 30.3 Å². The van der Waals surface area contributed by atoms with Gasteiger partial charge in [-0.15, -0.1) is 0 Å². The summed E-state index contributed by atoms with van der Waals surface area (Å²) in [6.45, 7) is 0. The Morgan fingerprint density at radius 2 is 1.95 bits per heavy atom. The highest BCUT2D eigenvalue weighted by atomic mass is 35.5. The summed E-state index contributed by atoms with van der Waals surface area (Å²) in [5.41, 5.74) is 1.10. The zero-order chi connectivity index (χ0) is 14.7. The molecule has 0 atom stereocenters. The second-order valence-electron chi connectivity index (χ2n) is 3.92. The van der Waals surface area contributed by atoms with E-state index in [2.05, 4.69) is 4.98 Å². The third-order valence-corrected chi connectivity index (χ3v) is 3.01. The lowest BCUT2D eigenvalue weighted by atomic mass is 10.0. The number of rotatable bonds is 4. The zero-order valence-corrected chi connectivity index (χ0v) is 11.6. The molecule has 0 saturated heterocycles. The Hall–Kier alpha value is -2.27. The van der Waals surface area contributed by atoms with Crippen molar-refractivity contribution in [3.63, 3.8) is 0 Å². The molecule has 5 nitrogen and oxygen atoms in total. The van der Waals surface area contributed by atoms with Crippen molar-refractivity contribution >= 4 is 17.6 Å². The standard InChI is InChI=1S/C14H12ClNO4/c1-19-8-3-4-9(12(5-8)20-2)11-7-16-13(15)6-10(11)14(17)18/h3-7H,1-2H3,(H,17,18). The van der Waals surface area contributed by atoms with Gasteiger partial charge in [0, 0.05) is 23.4 Å². The summed E-state index contributed by atoms with van der Waals surface area (Å²) in [5.74, 6) is 0.0301. The first kappa shape index (κ1) is 14.1. The molecule has 1 N–H and O–H groups in total. The Balaban J connectivity index is 2.65. The lowest BCUT2D eigenvalue weighted by Gasteiger charge is -2.12. The summed E-state index contributed by atoms with van der Waals surface area (Å²) in [5, 5.41) is 9.39. The summed E-state index contributed by atoms with van der Waals surface area (Å²) in [6, 6.07) is 6.42. The molecule has 1 aromatic heterocycles. The van der Waals surface area contributed by atoms with E-state index in [1.165, 1.54) is 19.4 Å². The zero-order valence-electron chi connectivity index (χ0n) is 10.9. The monoisotopic (exact) mass is 293 g/mol. The highest BCUT2D eigenvalue weighted by Gasteiger charge is 2.17. The minimum atomic E-state index is -1.08. The van der Waals surface area contributed by atoms with E-state index < -0.39 is 5.97 Å². The number of ether oxygens (including phenoxy) is 2. The first-order valence-corrected chi connectivity index (χ1v) is 6.06. The summed E-state index contributed by atoms with van der Waals surface area (Å²) < 4.78 is 10.4. The molecule has 0 bridgehead atoms. The summed E-state index contributed by atoms with van der Waals surface area (Å²) in [7, 11) is 3.04. The Kier molecular flexibility index (Phi) is 4.10. The lowest BCUT2D eigenvalue weighted by Crippen LogP contribution is -2.01. The molecule has 104 valence electrons. The van der Waals surface area contributed by atoms with Gasteiger partial charge in [-0.1, -0.05) is 11.6 Å². The van der Waals surface area contributed by atoms with Crippen LogP contribution < -0.4 is 9.47 Å². The molecule has 0 spiro atoms. The summed E-state index contributed by atoms with van der Waals surface area (Å²) >= 11 is 5.74. The van der Waals surface area contributed by atoms with Gasteiger partial charge in [0.05, 0.1) is 19.8 Å². The number of halogens is 1. The topological polar surface area (TPSA) is 68.7 Å². The quantitative estimate of drug-likeness (QED) is 0.877. The average molecular weight is 294 g/mol. The number of aromatic carboxylic acids is 1. The van der Waals surface area contributed by atoms with Crippen molar-refractivity contribution in [1.82, 2.24) is 4.98 Å². The molecule has 1 heterocycles. The van der Waals surface area contributed by atoms with E-state index in [4.69, 9.17) is 21.1 Å². The molecule has 0 aliphatic heterocycles. The van der Waals surface area contributed by atoms with Gasteiger partial charge in [0.15, 0.2) is 0 Å². The van der Waals surface area contributed by atoms with E-state index in [0.29, 0.717) is 22.6 Å². The van der Waals surface area contributed by atoms with E-state index in [-0.39, 0.29) is 10.7 Å². The Morgan fingerprint density at radius 3 is 2.55 bits per heavy atom. The smallest absolute Gasteiger partial charge is 0.336 e. The van der Waals surface area contributed by atoms with Crippen LogP contribution in [0.15, 0.2) is 30.5 Å². The second-order valence-corrected chi connectivity index (χ2v) is 4.31. The average Bonchev–Trinajstić information content (AvgIpc) is 2.46. The maximum absolute atomic E-state index is 11.3. The minimum Gasteiger partial charge on any atom is -0.497 e. The van der Waals surface area contributed by atoms with Gasteiger partial charge in [-0.05, 0) is 18.2 Å². The van der Waals surface area contributed by atoms with Crippen molar-refractivity contribution in [2.75, 3.05) is 14.2 Å². The third kappa shape index (κ3) is 2.67. The van der Waals surface area contributed by atoms with Crippen LogP contribution >= 0.6 is 11.6 Å². The van der Waals surface area contributed by atoms with E-state index >= 15 is 0 Å². The van der Waals surface area contributed by atoms with Crippen molar-refractivity contribution in [3.05, 3.63) is 41.2 Å². The maximum Gasteiger partial charge on any atom is 0.336 e. The molecule has 0 fully saturated rings. The van der Waals surface area contributed by atoms with Gasteiger partial charge < -0.3 is 14.6 Å². The van der Waals surface area contributed by atoms with Crippen LogP contribution in [0.4, 0.5) is 0 Å². The van der Waals surface area contributed by atoms with Crippen molar-refractivity contribution < 1.29 is 19.4 Å². The van der Waals surface area contributed by atoms with E-state index in [1.807, 2.05) is 0 Å². The number of nitrogens with zero attached hydrogens (tertiary/aromatic N) is 1. The number of carboxylic acid groups (broad SMARTS) is 1. The van der Waals surface area contributed by atoms with Crippen LogP contribution in [0, 0.1) is 0 Å². The number of carbonyl (C=O) groups is 1. The fraction of sp³-hybridized carbons (Fsp3) is 0.143. The predicted molar refractivity (Wildman–Crippen MR) is 74.7 cm³/mol. The van der Waals surface area contributed by atoms with E-state index in [1.54, 1.807) is 25.3 Å². The van der Waals surface area contributed by atoms with Crippen LogP contribution in [0.5, 0.6) is 11.5 Å². The SMILES string of the molecule is COc1ccc(-c2cnc(Cl)cc2C(=O)O)c(OC)c1. The number of aromatic nitrogens is 1. The van der Waals surface area contributed by atoms with Crippen LogP contribution in [0.2, 0.25) is 5.15 Å². The van der Waals surface area contributed by atoms with Gasteiger partial charge >= 0.3 is 5.97 Å². The van der Waals surface area contributed by atoms with E-state index in [9.17, 15) is 9.90 Å². The largest absolute Gasteiger partial charge is 0.497 e. The molecule has 20 heavy (non-hydrogen) atoms. The number of hydrogen-bond acceptors (Lipinski definition) is 4. The van der Waals surface area contributed by atoms with Crippen LogP contribution in [0.1, 0.15) is 10.4 Å². The molecule has 2 rings (SSSR count). The van der Waals surface area contributed by atoms with Crippen molar-refractivity contribution in [2.45, 2.75) is 0 Å². The van der Waals surface area contributed by atoms with Gasteiger partial charge in [0.2, 0.25) is 0 Å². The minimum absolute atomic E-state index is 0.0634. The summed E-state index contributed by atoms with van der Waals surface area (Å²) in [6.07, 6.45) is 1.41. The second kappa shape index (κ2) is 5.79. The van der Waals surface area contributed by atoms with Crippen molar-refractivity contribution in [2.24, 2.45) is 0 Å². The van der Waals surface area contributed by atoms with Crippen LogP contribution in [-0.2, 0) is 0 Å². The first-order valence-electron chi connectivity index (χ1n) is 5.68. The van der Waals surface area contributed by atoms with Gasteiger partial charge in [-0.25, -0.2) is 9.78 Å².